The van der Waals surface area contributed by atoms with E-state index in [9.17, 15) is 18.0 Å². The van der Waals surface area contributed by atoms with Gasteiger partial charge in [-0.05, 0) is 12.5 Å². The molecule has 0 unspecified atom stereocenters. The predicted octanol–water partition coefficient (Wildman–Crippen LogP) is -1.27. The van der Waals surface area contributed by atoms with E-state index in [1.807, 2.05) is 0 Å². The molecule has 126 valence electrons. The Bertz CT molecular complexity index is 765. The van der Waals surface area contributed by atoms with E-state index in [1.165, 1.54) is 19.2 Å². The molecule has 1 amide bonds. The van der Waals surface area contributed by atoms with Crippen LogP contribution in [0.15, 0.2) is 16.9 Å². The summed E-state index contributed by atoms with van der Waals surface area (Å²) < 4.78 is 24.3. The van der Waals surface area contributed by atoms with Gasteiger partial charge in [0.2, 0.25) is 0 Å². The fourth-order valence-electron chi connectivity index (χ4n) is 3.13. The van der Waals surface area contributed by atoms with E-state index < -0.39 is 9.84 Å². The maximum atomic E-state index is 12.4. The molecule has 3 heterocycles. The normalized spacial score (nSPS) is 24.7. The second-order valence-corrected chi connectivity index (χ2v) is 8.29. The van der Waals surface area contributed by atoms with Gasteiger partial charge in [-0.25, -0.2) is 13.1 Å². The molecule has 0 spiro atoms. The van der Waals surface area contributed by atoms with Crippen LogP contribution < -0.4 is 5.56 Å². The molecule has 8 nitrogen and oxygen atoms in total. The van der Waals surface area contributed by atoms with Gasteiger partial charge in [0, 0.05) is 45.3 Å². The van der Waals surface area contributed by atoms with Gasteiger partial charge in [0.1, 0.15) is 5.69 Å². The Kier molecular flexibility index (Phi) is 4.24. The Morgan fingerprint density at radius 3 is 2.48 bits per heavy atom. The third-order valence-corrected chi connectivity index (χ3v) is 6.26. The number of rotatable bonds is 2. The van der Waals surface area contributed by atoms with Crippen molar-refractivity contribution in [1.29, 1.82) is 0 Å². The molecule has 2 saturated heterocycles. The van der Waals surface area contributed by atoms with E-state index in [1.54, 1.807) is 4.90 Å². The van der Waals surface area contributed by atoms with Crippen molar-refractivity contribution in [3.63, 3.8) is 0 Å². The number of nitrogens with zero attached hydrogens (tertiary/aromatic N) is 4. The molecule has 0 aromatic carbocycles. The monoisotopic (exact) mass is 340 g/mol. The van der Waals surface area contributed by atoms with Gasteiger partial charge in [-0.3, -0.25) is 14.5 Å². The number of carbonyl (C=O) groups excluding carboxylic acids is 1. The van der Waals surface area contributed by atoms with Crippen LogP contribution in [0.5, 0.6) is 0 Å². The zero-order valence-electron chi connectivity index (χ0n) is 13.0. The summed E-state index contributed by atoms with van der Waals surface area (Å²) in [6.45, 7) is 2.41. The summed E-state index contributed by atoms with van der Waals surface area (Å²) >= 11 is 0. The quantitative estimate of drug-likeness (QED) is 0.666. The molecule has 1 aromatic heterocycles. The molecule has 0 bridgehead atoms. The van der Waals surface area contributed by atoms with Crippen molar-refractivity contribution >= 4 is 15.7 Å². The average molecular weight is 340 g/mol. The Morgan fingerprint density at radius 1 is 1.22 bits per heavy atom. The summed E-state index contributed by atoms with van der Waals surface area (Å²) in [6, 6.07) is 2.86. The minimum atomic E-state index is -2.89. The van der Waals surface area contributed by atoms with Crippen molar-refractivity contribution in [2.24, 2.45) is 7.05 Å². The number of piperazine rings is 1. The molecule has 3 rings (SSSR count). The zero-order chi connectivity index (χ0) is 16.6. The maximum Gasteiger partial charge on any atom is 0.274 e. The Balaban J connectivity index is 1.61. The molecule has 1 aromatic rings. The number of amides is 1. The smallest absolute Gasteiger partial charge is 0.274 e. The SMILES string of the molecule is Cn1nc(C(=O)N2CCN([C@@H]3CCS(=O)(=O)C3)CC2)ccc1=O. The number of aryl methyl sites for hydroxylation is 1. The fourth-order valence-corrected chi connectivity index (χ4v) is 4.89. The minimum absolute atomic E-state index is 0.0768. The highest BCUT2D eigenvalue weighted by molar-refractivity contribution is 7.91. The molecular weight excluding hydrogens is 320 g/mol. The molecule has 1 atom stereocenters. The minimum Gasteiger partial charge on any atom is -0.335 e. The molecule has 2 aliphatic rings. The van der Waals surface area contributed by atoms with Crippen molar-refractivity contribution in [2.75, 3.05) is 37.7 Å². The van der Waals surface area contributed by atoms with Crippen LogP contribution in [-0.4, -0.2) is 77.6 Å². The van der Waals surface area contributed by atoms with E-state index in [2.05, 4.69) is 10.00 Å². The van der Waals surface area contributed by atoms with Gasteiger partial charge in [-0.1, -0.05) is 0 Å². The highest BCUT2D eigenvalue weighted by Gasteiger charge is 2.34. The zero-order valence-corrected chi connectivity index (χ0v) is 13.8. The number of aromatic nitrogens is 2. The van der Waals surface area contributed by atoms with Gasteiger partial charge in [0.05, 0.1) is 11.5 Å². The molecule has 0 N–H and O–H groups in total. The van der Waals surface area contributed by atoms with Crippen molar-refractivity contribution in [2.45, 2.75) is 12.5 Å². The Hall–Kier alpha value is -1.74. The van der Waals surface area contributed by atoms with E-state index in [4.69, 9.17) is 0 Å². The second-order valence-electron chi connectivity index (χ2n) is 6.07. The number of hydrogen-bond donors (Lipinski definition) is 0. The van der Waals surface area contributed by atoms with Gasteiger partial charge >= 0.3 is 0 Å². The largest absolute Gasteiger partial charge is 0.335 e. The van der Waals surface area contributed by atoms with Crippen molar-refractivity contribution in [1.82, 2.24) is 19.6 Å². The van der Waals surface area contributed by atoms with E-state index >= 15 is 0 Å². The molecular formula is C14H20N4O4S. The molecule has 0 aliphatic carbocycles. The van der Waals surface area contributed by atoms with Crippen LogP contribution in [0.1, 0.15) is 16.9 Å². The lowest BCUT2D eigenvalue weighted by molar-refractivity contribution is 0.0580. The van der Waals surface area contributed by atoms with Gasteiger partial charge < -0.3 is 4.90 Å². The fraction of sp³-hybridized carbons (Fsp3) is 0.643. The first-order chi connectivity index (χ1) is 10.9. The van der Waals surface area contributed by atoms with Crippen LogP contribution in [0.2, 0.25) is 0 Å². The second kappa shape index (κ2) is 6.04. The first-order valence-electron chi connectivity index (χ1n) is 7.64. The Morgan fingerprint density at radius 2 is 1.91 bits per heavy atom. The van der Waals surface area contributed by atoms with Crippen LogP contribution in [0.25, 0.3) is 0 Å². The molecule has 2 fully saturated rings. The van der Waals surface area contributed by atoms with Gasteiger partial charge in [-0.15, -0.1) is 0 Å². The Labute approximate surface area is 134 Å². The van der Waals surface area contributed by atoms with Crippen LogP contribution in [0, 0.1) is 0 Å². The lowest BCUT2D eigenvalue weighted by Gasteiger charge is -2.37. The van der Waals surface area contributed by atoms with Crippen molar-refractivity contribution in [3.05, 3.63) is 28.2 Å². The molecule has 9 heteroatoms. The first-order valence-corrected chi connectivity index (χ1v) is 9.46. The van der Waals surface area contributed by atoms with Crippen LogP contribution in [0.3, 0.4) is 0 Å². The third-order valence-electron chi connectivity index (χ3n) is 4.51. The molecule has 2 aliphatic heterocycles. The summed E-state index contributed by atoms with van der Waals surface area (Å²) in [4.78, 5) is 27.6. The molecule has 0 saturated carbocycles. The lowest BCUT2D eigenvalue weighted by atomic mass is 10.2. The highest BCUT2D eigenvalue weighted by atomic mass is 32.2. The summed E-state index contributed by atoms with van der Waals surface area (Å²) in [7, 11) is -1.38. The van der Waals surface area contributed by atoms with E-state index in [-0.39, 0.29) is 34.7 Å². The van der Waals surface area contributed by atoms with Crippen molar-refractivity contribution < 1.29 is 13.2 Å². The summed E-state index contributed by atoms with van der Waals surface area (Å²) in [5.41, 5.74) is -0.00203. The topological polar surface area (TPSA) is 92.6 Å². The standard InChI is InChI=1S/C14H20N4O4S/c1-16-13(19)3-2-12(15-16)14(20)18-7-5-17(6-8-18)11-4-9-23(21,22)10-11/h2-3,11H,4-10H2,1H3/t11-/m1/s1. The van der Waals surface area contributed by atoms with E-state index in [0.29, 0.717) is 32.6 Å². The number of hydrogen-bond acceptors (Lipinski definition) is 6. The maximum absolute atomic E-state index is 12.4. The van der Waals surface area contributed by atoms with Crippen molar-refractivity contribution in [3.8, 4) is 0 Å². The first kappa shape index (κ1) is 16.1. The molecule has 23 heavy (non-hydrogen) atoms. The number of carbonyl (C=O) groups is 1. The number of sulfone groups is 1. The summed E-state index contributed by atoms with van der Waals surface area (Å²) in [5, 5.41) is 3.98. The highest BCUT2D eigenvalue weighted by Crippen LogP contribution is 2.19. The summed E-state index contributed by atoms with van der Waals surface area (Å²) in [6.07, 6.45) is 0.679. The van der Waals surface area contributed by atoms with Crippen LogP contribution in [0.4, 0.5) is 0 Å². The van der Waals surface area contributed by atoms with Crippen LogP contribution >= 0.6 is 0 Å². The summed E-state index contributed by atoms with van der Waals surface area (Å²) in [5.74, 6) is 0.293. The van der Waals surface area contributed by atoms with Gasteiger partial charge in [0.25, 0.3) is 11.5 Å². The van der Waals surface area contributed by atoms with Gasteiger partial charge in [-0.2, -0.15) is 5.10 Å². The lowest BCUT2D eigenvalue weighted by Crippen LogP contribution is -2.52. The third kappa shape index (κ3) is 3.45. The van der Waals surface area contributed by atoms with Gasteiger partial charge in [0.15, 0.2) is 9.84 Å². The average Bonchev–Trinajstić information content (AvgIpc) is 2.89. The molecule has 0 radical (unpaired) electrons. The van der Waals surface area contributed by atoms with E-state index in [0.717, 1.165) is 4.68 Å². The van der Waals surface area contributed by atoms with Crippen LogP contribution in [-0.2, 0) is 16.9 Å². The predicted molar refractivity (Wildman–Crippen MR) is 84.0 cm³/mol.